The molecule has 3 heteroatoms. The van der Waals surface area contributed by atoms with Crippen LogP contribution in [0.5, 0.6) is 0 Å². The van der Waals surface area contributed by atoms with Gasteiger partial charge in [0.1, 0.15) is 16.7 Å². The van der Waals surface area contributed by atoms with E-state index in [4.69, 9.17) is 8.83 Å². The molecule has 3 nitrogen and oxygen atoms in total. The first-order valence-electron chi connectivity index (χ1n) is 17.3. The molecule has 238 valence electrons. The smallest absolute Gasteiger partial charge is 0.160 e. The summed E-state index contributed by atoms with van der Waals surface area (Å²) in [5, 5.41) is 11.7. The van der Waals surface area contributed by atoms with Crippen LogP contribution in [0.25, 0.3) is 87.3 Å². The molecule has 9 aromatic carbocycles. The second-order valence-corrected chi connectivity index (χ2v) is 13.3. The molecule has 51 heavy (non-hydrogen) atoms. The number of benzene rings is 9. The van der Waals surface area contributed by atoms with Crippen molar-refractivity contribution in [3.05, 3.63) is 176 Å². The van der Waals surface area contributed by atoms with E-state index in [-0.39, 0.29) is 0 Å². The Morgan fingerprint density at radius 2 is 0.941 bits per heavy atom. The monoisotopic (exact) mass is 651 g/mol. The Morgan fingerprint density at radius 3 is 1.76 bits per heavy atom. The molecule has 0 fully saturated rings. The van der Waals surface area contributed by atoms with E-state index in [9.17, 15) is 0 Å². The van der Waals surface area contributed by atoms with Gasteiger partial charge in [0.05, 0.1) is 5.69 Å². The zero-order chi connectivity index (χ0) is 33.5. The van der Waals surface area contributed by atoms with Crippen molar-refractivity contribution in [2.24, 2.45) is 0 Å². The molecule has 0 saturated heterocycles. The van der Waals surface area contributed by atoms with Crippen LogP contribution in [0.15, 0.2) is 185 Å². The van der Waals surface area contributed by atoms with Crippen LogP contribution >= 0.6 is 0 Å². The van der Waals surface area contributed by atoms with Crippen LogP contribution in [0.3, 0.4) is 0 Å². The van der Waals surface area contributed by atoms with Gasteiger partial charge in [-0.05, 0) is 80.3 Å². The van der Waals surface area contributed by atoms with E-state index in [1.54, 1.807) is 0 Å². The van der Waals surface area contributed by atoms with Crippen LogP contribution in [0.1, 0.15) is 0 Å². The van der Waals surface area contributed by atoms with Gasteiger partial charge >= 0.3 is 0 Å². The Morgan fingerprint density at radius 1 is 0.353 bits per heavy atom. The lowest BCUT2D eigenvalue weighted by molar-refractivity contribution is 0.669. The summed E-state index contributed by atoms with van der Waals surface area (Å²) in [6.07, 6.45) is 0. The Hall–Kier alpha value is -6.84. The predicted molar refractivity (Wildman–Crippen MR) is 214 cm³/mol. The topological polar surface area (TPSA) is 29.5 Å². The first-order chi connectivity index (χ1) is 25.3. The minimum Gasteiger partial charge on any atom is -0.455 e. The minimum atomic E-state index is 0.865. The zero-order valence-electron chi connectivity index (χ0n) is 27.5. The number of nitrogens with zero attached hydrogens (tertiary/aromatic N) is 1. The molecule has 0 amide bonds. The SMILES string of the molecule is c1ccc2c(c1)ccc1ccc(N(c3ccc(-c4cccc5c4oc4ccccc45)cc3)c3cc4ccccc4c4c3oc3ccccc34)cc12. The van der Waals surface area contributed by atoms with Crippen LogP contribution in [-0.4, -0.2) is 0 Å². The van der Waals surface area contributed by atoms with Gasteiger partial charge in [-0.3, -0.25) is 0 Å². The van der Waals surface area contributed by atoms with Gasteiger partial charge in [-0.25, -0.2) is 0 Å². The van der Waals surface area contributed by atoms with E-state index < -0.39 is 0 Å². The predicted octanol–water partition coefficient (Wildman–Crippen LogP) is 14.1. The van der Waals surface area contributed by atoms with Crippen molar-refractivity contribution in [2.45, 2.75) is 0 Å². The number of para-hydroxylation sites is 3. The summed E-state index contributed by atoms with van der Waals surface area (Å²) in [6, 6.07) is 62.6. The molecular weight excluding hydrogens is 623 g/mol. The summed E-state index contributed by atoms with van der Waals surface area (Å²) in [5.74, 6) is 0. The minimum absolute atomic E-state index is 0.865. The van der Waals surface area contributed by atoms with Gasteiger partial charge in [0, 0.05) is 38.5 Å². The standard InChI is InChI=1S/C48H29NO2/c1-3-12-36-30(10-1)20-21-32-24-27-35(29-42(32)36)49(43-28-33-11-2-4-13-37(33)46-41-15-6-8-19-45(41)51-48(43)46)34-25-22-31(23-26-34)38-16-9-17-40-39-14-5-7-18-44(39)50-47(38)40/h1-29H. The second kappa shape index (κ2) is 10.8. The van der Waals surface area contributed by atoms with E-state index in [2.05, 4.69) is 163 Å². The third kappa shape index (κ3) is 4.25. The fraction of sp³-hybridized carbons (Fsp3) is 0. The number of anilines is 3. The van der Waals surface area contributed by atoms with E-state index in [1.165, 1.54) is 26.9 Å². The Kier molecular flexibility index (Phi) is 5.96. The summed E-state index contributed by atoms with van der Waals surface area (Å²) in [5.41, 5.74) is 8.81. The lowest BCUT2D eigenvalue weighted by Gasteiger charge is -2.27. The third-order valence-corrected chi connectivity index (χ3v) is 10.4. The van der Waals surface area contributed by atoms with Crippen molar-refractivity contribution in [1.29, 1.82) is 0 Å². The van der Waals surface area contributed by atoms with Gasteiger partial charge in [-0.15, -0.1) is 0 Å². The molecular formula is C48H29NO2. The molecule has 0 N–H and O–H groups in total. The highest BCUT2D eigenvalue weighted by molar-refractivity contribution is 6.23. The number of rotatable bonds is 4. The summed E-state index contributed by atoms with van der Waals surface area (Å²) in [4.78, 5) is 2.35. The lowest BCUT2D eigenvalue weighted by atomic mass is 9.99. The molecule has 0 radical (unpaired) electrons. The molecule has 0 aliphatic heterocycles. The van der Waals surface area contributed by atoms with Gasteiger partial charge in [0.15, 0.2) is 5.58 Å². The molecule has 0 unspecified atom stereocenters. The van der Waals surface area contributed by atoms with Crippen molar-refractivity contribution in [3.63, 3.8) is 0 Å². The van der Waals surface area contributed by atoms with Crippen molar-refractivity contribution in [2.75, 3.05) is 4.90 Å². The highest BCUT2D eigenvalue weighted by Crippen LogP contribution is 2.47. The van der Waals surface area contributed by atoms with Crippen LogP contribution in [0.2, 0.25) is 0 Å². The van der Waals surface area contributed by atoms with Crippen LogP contribution in [0, 0.1) is 0 Å². The number of fused-ring (bicyclic) bond motifs is 11. The fourth-order valence-corrected chi connectivity index (χ4v) is 8.04. The number of furan rings is 2. The maximum atomic E-state index is 6.79. The first kappa shape index (κ1) is 28.0. The fourth-order valence-electron chi connectivity index (χ4n) is 8.04. The summed E-state index contributed by atoms with van der Waals surface area (Å²) >= 11 is 0. The molecule has 2 aromatic heterocycles. The summed E-state index contributed by atoms with van der Waals surface area (Å²) in [6.45, 7) is 0. The van der Waals surface area contributed by atoms with Gasteiger partial charge in [0.2, 0.25) is 0 Å². The zero-order valence-corrected chi connectivity index (χ0v) is 27.5. The molecule has 0 bridgehead atoms. The molecule has 0 aliphatic carbocycles. The molecule has 0 aliphatic rings. The quantitative estimate of drug-likeness (QED) is 0.177. The molecule has 0 spiro atoms. The number of hydrogen-bond acceptors (Lipinski definition) is 3. The van der Waals surface area contributed by atoms with Crippen molar-refractivity contribution in [1.82, 2.24) is 0 Å². The van der Waals surface area contributed by atoms with E-state index >= 15 is 0 Å². The number of hydrogen-bond donors (Lipinski definition) is 0. The molecule has 11 aromatic rings. The maximum absolute atomic E-state index is 6.79. The average Bonchev–Trinajstić information content (AvgIpc) is 3.78. The third-order valence-electron chi connectivity index (χ3n) is 10.4. The van der Waals surface area contributed by atoms with Gasteiger partial charge in [-0.2, -0.15) is 0 Å². The average molecular weight is 652 g/mol. The van der Waals surface area contributed by atoms with Gasteiger partial charge in [0.25, 0.3) is 0 Å². The highest BCUT2D eigenvalue weighted by Gasteiger charge is 2.22. The van der Waals surface area contributed by atoms with Gasteiger partial charge in [-0.1, -0.05) is 133 Å². The van der Waals surface area contributed by atoms with Crippen LogP contribution in [0.4, 0.5) is 17.1 Å². The molecule has 11 rings (SSSR count). The Labute approximate surface area is 293 Å². The van der Waals surface area contributed by atoms with Crippen LogP contribution in [-0.2, 0) is 0 Å². The van der Waals surface area contributed by atoms with Crippen molar-refractivity contribution >= 4 is 93.3 Å². The highest BCUT2D eigenvalue weighted by atomic mass is 16.3. The molecule has 2 heterocycles. The first-order valence-corrected chi connectivity index (χ1v) is 17.3. The van der Waals surface area contributed by atoms with E-state index in [0.29, 0.717) is 0 Å². The van der Waals surface area contributed by atoms with Gasteiger partial charge < -0.3 is 13.7 Å². The Balaban J connectivity index is 1.17. The summed E-state index contributed by atoms with van der Waals surface area (Å²) in [7, 11) is 0. The van der Waals surface area contributed by atoms with E-state index in [0.717, 1.165) is 77.5 Å². The molecule has 0 saturated carbocycles. The largest absolute Gasteiger partial charge is 0.455 e. The van der Waals surface area contributed by atoms with Crippen molar-refractivity contribution < 1.29 is 8.83 Å². The maximum Gasteiger partial charge on any atom is 0.160 e. The Bertz CT molecular complexity index is 3150. The normalized spacial score (nSPS) is 11.9. The van der Waals surface area contributed by atoms with E-state index in [1.807, 2.05) is 18.2 Å². The lowest BCUT2D eigenvalue weighted by Crippen LogP contribution is -2.10. The summed E-state index contributed by atoms with van der Waals surface area (Å²) < 4.78 is 13.2. The van der Waals surface area contributed by atoms with Crippen molar-refractivity contribution in [3.8, 4) is 11.1 Å². The second-order valence-electron chi connectivity index (χ2n) is 13.3. The molecule has 0 atom stereocenters. The van der Waals surface area contributed by atoms with Crippen LogP contribution < -0.4 is 4.90 Å².